The molecule has 1 aromatic heterocycles. The SMILES string of the molecule is COCCCn1nccc1CNC(C)C. The number of methoxy groups -OCH3 is 1. The monoisotopic (exact) mass is 211 g/mol. The van der Waals surface area contributed by atoms with Crippen molar-refractivity contribution in [2.45, 2.75) is 39.4 Å². The number of rotatable bonds is 7. The highest BCUT2D eigenvalue weighted by molar-refractivity contribution is 5.00. The van der Waals surface area contributed by atoms with E-state index in [0.29, 0.717) is 6.04 Å². The maximum atomic E-state index is 5.02. The Labute approximate surface area is 91.6 Å². The smallest absolute Gasteiger partial charge is 0.0522 e. The van der Waals surface area contributed by atoms with Crippen molar-refractivity contribution in [3.63, 3.8) is 0 Å². The van der Waals surface area contributed by atoms with Crippen molar-refractivity contribution in [2.75, 3.05) is 13.7 Å². The Kier molecular flexibility index (Phi) is 5.36. The molecule has 4 nitrogen and oxygen atoms in total. The zero-order valence-corrected chi connectivity index (χ0v) is 9.86. The number of hydrogen-bond donors (Lipinski definition) is 1. The summed E-state index contributed by atoms with van der Waals surface area (Å²) in [7, 11) is 1.73. The molecule has 4 heteroatoms. The zero-order chi connectivity index (χ0) is 11.1. The van der Waals surface area contributed by atoms with Gasteiger partial charge in [0.1, 0.15) is 0 Å². The fraction of sp³-hybridized carbons (Fsp3) is 0.727. The minimum Gasteiger partial charge on any atom is -0.385 e. The third kappa shape index (κ3) is 4.44. The van der Waals surface area contributed by atoms with Gasteiger partial charge in [-0.05, 0) is 12.5 Å². The van der Waals surface area contributed by atoms with Gasteiger partial charge in [0.25, 0.3) is 0 Å². The summed E-state index contributed by atoms with van der Waals surface area (Å²) in [5.41, 5.74) is 1.24. The van der Waals surface area contributed by atoms with Crippen LogP contribution in [-0.4, -0.2) is 29.5 Å². The molecular weight excluding hydrogens is 190 g/mol. The highest BCUT2D eigenvalue weighted by Gasteiger charge is 2.02. The normalized spacial score (nSPS) is 11.2. The molecule has 86 valence electrons. The summed E-state index contributed by atoms with van der Waals surface area (Å²) in [6.45, 7) is 6.88. The zero-order valence-electron chi connectivity index (χ0n) is 9.86. The quantitative estimate of drug-likeness (QED) is 0.693. The van der Waals surface area contributed by atoms with E-state index < -0.39 is 0 Å². The summed E-state index contributed by atoms with van der Waals surface area (Å²) in [5.74, 6) is 0. The molecule has 1 aromatic rings. The molecule has 0 atom stereocenters. The van der Waals surface area contributed by atoms with Crippen LogP contribution in [0.3, 0.4) is 0 Å². The molecule has 1 heterocycles. The predicted octanol–water partition coefficient (Wildman–Crippen LogP) is 1.42. The van der Waals surface area contributed by atoms with Crippen LogP contribution in [0.4, 0.5) is 0 Å². The maximum Gasteiger partial charge on any atom is 0.0522 e. The number of ether oxygens (including phenoxy) is 1. The largest absolute Gasteiger partial charge is 0.385 e. The van der Waals surface area contributed by atoms with Gasteiger partial charge in [-0.15, -0.1) is 0 Å². The van der Waals surface area contributed by atoms with E-state index in [1.165, 1.54) is 5.69 Å². The average molecular weight is 211 g/mol. The standard InChI is InChI=1S/C11H21N3O/c1-10(2)12-9-11-5-6-13-14(11)7-4-8-15-3/h5-6,10,12H,4,7-9H2,1-3H3. The number of nitrogens with zero attached hydrogens (tertiary/aromatic N) is 2. The van der Waals surface area contributed by atoms with Gasteiger partial charge in [0.2, 0.25) is 0 Å². The van der Waals surface area contributed by atoms with Crippen LogP contribution in [0.25, 0.3) is 0 Å². The summed E-state index contributed by atoms with van der Waals surface area (Å²) in [6, 6.07) is 2.56. The van der Waals surface area contributed by atoms with E-state index in [9.17, 15) is 0 Å². The molecule has 0 aliphatic heterocycles. The van der Waals surface area contributed by atoms with E-state index in [0.717, 1.165) is 26.1 Å². The molecule has 0 aliphatic carbocycles. The van der Waals surface area contributed by atoms with Gasteiger partial charge in [0, 0.05) is 39.0 Å². The molecule has 15 heavy (non-hydrogen) atoms. The van der Waals surface area contributed by atoms with Crippen LogP contribution in [0, 0.1) is 0 Å². The topological polar surface area (TPSA) is 39.1 Å². The van der Waals surface area contributed by atoms with Gasteiger partial charge < -0.3 is 10.1 Å². The Morgan fingerprint density at radius 1 is 1.53 bits per heavy atom. The summed E-state index contributed by atoms with van der Waals surface area (Å²) >= 11 is 0. The van der Waals surface area contributed by atoms with Crippen molar-refractivity contribution in [1.29, 1.82) is 0 Å². The third-order valence-corrected chi connectivity index (χ3v) is 2.21. The number of aryl methyl sites for hydroxylation is 1. The van der Waals surface area contributed by atoms with Crippen LogP contribution in [0.15, 0.2) is 12.3 Å². The Hall–Kier alpha value is -0.870. The lowest BCUT2D eigenvalue weighted by Crippen LogP contribution is -2.23. The first kappa shape index (κ1) is 12.2. The molecule has 0 saturated carbocycles. The Bertz CT molecular complexity index is 271. The summed E-state index contributed by atoms with van der Waals surface area (Å²) in [6.07, 6.45) is 2.86. The van der Waals surface area contributed by atoms with Crippen LogP contribution in [-0.2, 0) is 17.8 Å². The van der Waals surface area contributed by atoms with Crippen molar-refractivity contribution < 1.29 is 4.74 Å². The van der Waals surface area contributed by atoms with E-state index in [-0.39, 0.29) is 0 Å². The molecule has 0 amide bonds. The van der Waals surface area contributed by atoms with E-state index >= 15 is 0 Å². The first-order chi connectivity index (χ1) is 7.24. The predicted molar refractivity (Wildman–Crippen MR) is 60.7 cm³/mol. The highest BCUT2D eigenvalue weighted by Crippen LogP contribution is 2.00. The van der Waals surface area contributed by atoms with Crippen molar-refractivity contribution in [3.8, 4) is 0 Å². The van der Waals surface area contributed by atoms with E-state index in [1.54, 1.807) is 7.11 Å². The number of hydrogen-bond acceptors (Lipinski definition) is 3. The van der Waals surface area contributed by atoms with Gasteiger partial charge in [-0.3, -0.25) is 4.68 Å². The van der Waals surface area contributed by atoms with Crippen molar-refractivity contribution in [2.24, 2.45) is 0 Å². The molecule has 0 spiro atoms. The van der Waals surface area contributed by atoms with Gasteiger partial charge in [-0.1, -0.05) is 13.8 Å². The van der Waals surface area contributed by atoms with Crippen LogP contribution in [0.1, 0.15) is 26.0 Å². The molecule has 1 N–H and O–H groups in total. The minimum atomic E-state index is 0.507. The van der Waals surface area contributed by atoms with Gasteiger partial charge in [-0.2, -0.15) is 5.10 Å². The third-order valence-electron chi connectivity index (χ3n) is 2.21. The fourth-order valence-corrected chi connectivity index (χ4v) is 1.38. The summed E-state index contributed by atoms with van der Waals surface area (Å²) in [5, 5.41) is 7.67. The van der Waals surface area contributed by atoms with Crippen LogP contribution < -0.4 is 5.32 Å². The molecule has 0 fully saturated rings. The first-order valence-corrected chi connectivity index (χ1v) is 5.47. The Morgan fingerprint density at radius 3 is 3.00 bits per heavy atom. The van der Waals surface area contributed by atoms with E-state index in [1.807, 2.05) is 10.9 Å². The second-order valence-electron chi connectivity index (χ2n) is 3.93. The second-order valence-corrected chi connectivity index (χ2v) is 3.93. The van der Waals surface area contributed by atoms with Crippen molar-refractivity contribution in [3.05, 3.63) is 18.0 Å². The highest BCUT2D eigenvalue weighted by atomic mass is 16.5. The molecular formula is C11H21N3O. The lowest BCUT2D eigenvalue weighted by atomic mass is 10.3. The summed E-state index contributed by atoms with van der Waals surface area (Å²) in [4.78, 5) is 0. The lowest BCUT2D eigenvalue weighted by molar-refractivity contribution is 0.188. The average Bonchev–Trinajstić information content (AvgIpc) is 2.63. The summed E-state index contributed by atoms with van der Waals surface area (Å²) < 4.78 is 7.06. The molecule has 0 aliphatic rings. The minimum absolute atomic E-state index is 0.507. The molecule has 0 saturated heterocycles. The Morgan fingerprint density at radius 2 is 2.33 bits per heavy atom. The van der Waals surface area contributed by atoms with Gasteiger partial charge in [0.05, 0.1) is 5.69 Å². The van der Waals surface area contributed by atoms with Gasteiger partial charge in [-0.25, -0.2) is 0 Å². The van der Waals surface area contributed by atoms with Crippen LogP contribution in [0.5, 0.6) is 0 Å². The van der Waals surface area contributed by atoms with Crippen molar-refractivity contribution >= 4 is 0 Å². The first-order valence-electron chi connectivity index (χ1n) is 5.47. The van der Waals surface area contributed by atoms with Gasteiger partial charge in [0.15, 0.2) is 0 Å². The maximum absolute atomic E-state index is 5.02. The second kappa shape index (κ2) is 6.58. The molecule has 1 rings (SSSR count). The molecule has 0 radical (unpaired) electrons. The van der Waals surface area contributed by atoms with E-state index in [2.05, 4.69) is 30.3 Å². The number of aromatic nitrogens is 2. The van der Waals surface area contributed by atoms with Gasteiger partial charge >= 0.3 is 0 Å². The fourth-order valence-electron chi connectivity index (χ4n) is 1.38. The van der Waals surface area contributed by atoms with E-state index in [4.69, 9.17) is 4.74 Å². The Balaban J connectivity index is 2.39. The number of nitrogens with one attached hydrogen (secondary N) is 1. The lowest BCUT2D eigenvalue weighted by Gasteiger charge is -2.10. The molecule has 0 aromatic carbocycles. The van der Waals surface area contributed by atoms with Crippen LogP contribution >= 0.6 is 0 Å². The van der Waals surface area contributed by atoms with Crippen LogP contribution in [0.2, 0.25) is 0 Å². The van der Waals surface area contributed by atoms with Crippen molar-refractivity contribution in [1.82, 2.24) is 15.1 Å². The molecule has 0 unspecified atom stereocenters. The molecule has 0 bridgehead atoms.